The summed E-state index contributed by atoms with van der Waals surface area (Å²) in [5, 5.41) is 0. The van der Waals surface area contributed by atoms with Crippen LogP contribution in [-0.2, 0) is 0 Å². The number of hydrogen-bond acceptors (Lipinski definition) is 1. The van der Waals surface area contributed by atoms with E-state index in [9.17, 15) is 0 Å². The Labute approximate surface area is 120 Å². The third-order valence-electron chi connectivity index (χ3n) is 5.27. The highest BCUT2D eigenvalue weighted by atomic mass is 29.3. The fourth-order valence-electron chi connectivity index (χ4n) is 2.69. The molecule has 0 radical (unpaired) electrons. The first-order valence-corrected chi connectivity index (χ1v) is 15.1. The average Bonchev–Trinajstić information content (AvgIpc) is 3.06. The summed E-state index contributed by atoms with van der Waals surface area (Å²) in [4.78, 5) is 0. The maximum Gasteiger partial charge on any atom is 0.118 e. The molecule has 0 spiro atoms. The van der Waals surface area contributed by atoms with Crippen LogP contribution >= 0.6 is 0 Å². The van der Waals surface area contributed by atoms with Crippen molar-refractivity contribution in [1.29, 1.82) is 0 Å². The number of methoxy groups -OCH3 is 1. The van der Waals surface area contributed by atoms with Crippen molar-refractivity contribution in [3.05, 3.63) is 29.8 Å². The second-order valence-electron chi connectivity index (χ2n) is 7.71. The Morgan fingerprint density at radius 2 is 1.63 bits per heavy atom. The molecule has 1 nitrogen and oxygen atoms in total. The molecule has 0 N–H and O–H groups in total. The predicted octanol–water partition coefficient (Wildman–Crippen LogP) is 4.92. The molecule has 0 saturated heterocycles. The van der Waals surface area contributed by atoms with Crippen LogP contribution < -0.4 is 4.74 Å². The zero-order valence-electron chi connectivity index (χ0n) is 13.3. The first-order valence-electron chi connectivity index (χ1n) is 7.38. The van der Waals surface area contributed by atoms with E-state index in [4.69, 9.17) is 4.74 Å². The number of benzene rings is 1. The van der Waals surface area contributed by atoms with Gasteiger partial charge in [0.25, 0.3) is 0 Å². The zero-order chi connectivity index (χ0) is 14.3. The molecule has 1 aromatic carbocycles. The molecule has 0 bridgehead atoms. The smallest absolute Gasteiger partial charge is 0.118 e. The van der Waals surface area contributed by atoms with E-state index >= 15 is 0 Å². The van der Waals surface area contributed by atoms with E-state index in [1.165, 1.54) is 18.0 Å². The lowest BCUT2D eigenvalue weighted by atomic mass is 10.1. The topological polar surface area (TPSA) is 9.23 Å². The van der Waals surface area contributed by atoms with Crippen LogP contribution in [0.1, 0.15) is 17.9 Å². The number of hydrogen-bond donors (Lipinski definition) is 0. The molecule has 19 heavy (non-hydrogen) atoms. The van der Waals surface area contributed by atoms with Crippen LogP contribution in [0.3, 0.4) is 0 Å². The molecule has 0 unspecified atom stereocenters. The summed E-state index contributed by atoms with van der Waals surface area (Å²) in [6.45, 7) is 12.9. The van der Waals surface area contributed by atoms with Gasteiger partial charge < -0.3 is 4.74 Å². The van der Waals surface area contributed by atoms with E-state index in [-0.39, 0.29) is 0 Å². The highest BCUT2D eigenvalue weighted by Crippen LogP contribution is 2.52. The first-order chi connectivity index (χ1) is 8.74. The van der Waals surface area contributed by atoms with Crippen molar-refractivity contribution < 1.29 is 4.74 Å². The molecule has 0 heterocycles. The number of ether oxygens (including phenoxy) is 1. The van der Waals surface area contributed by atoms with Crippen molar-refractivity contribution in [3.63, 3.8) is 0 Å². The summed E-state index contributed by atoms with van der Waals surface area (Å²) >= 11 is 0. The summed E-state index contributed by atoms with van der Waals surface area (Å²) in [6, 6.07) is 10.2. The molecule has 0 amide bonds. The Kier molecular flexibility index (Phi) is 3.98. The Balaban J connectivity index is 1.97. The first kappa shape index (κ1) is 14.9. The Hall–Kier alpha value is -0.546. The van der Waals surface area contributed by atoms with Crippen molar-refractivity contribution in [1.82, 2.24) is 0 Å². The standard InChI is InChI=1S/C16H28OSi2/c1-17-15-9-7-13(8-10-15)16-11-14(16)12-19(5,6)18(2,3)4/h7-10,14,16H,11-12H2,1-6H3/t14-,16+/m0/s1. The Morgan fingerprint density at radius 1 is 1.05 bits per heavy atom. The molecule has 1 aliphatic carbocycles. The van der Waals surface area contributed by atoms with Crippen molar-refractivity contribution in [2.24, 2.45) is 5.92 Å². The minimum atomic E-state index is -0.984. The predicted molar refractivity (Wildman–Crippen MR) is 89.5 cm³/mol. The van der Waals surface area contributed by atoms with Crippen LogP contribution in [0, 0.1) is 5.92 Å². The molecule has 2 atom stereocenters. The van der Waals surface area contributed by atoms with E-state index in [1.807, 2.05) is 0 Å². The highest BCUT2D eigenvalue weighted by Gasteiger charge is 2.46. The third-order valence-corrected chi connectivity index (χ3v) is 23.7. The Morgan fingerprint density at radius 3 is 2.11 bits per heavy atom. The van der Waals surface area contributed by atoms with Gasteiger partial charge in [-0.3, -0.25) is 0 Å². The molecule has 0 aliphatic heterocycles. The summed E-state index contributed by atoms with van der Waals surface area (Å²) in [6.07, 6.45) is 1.41. The van der Waals surface area contributed by atoms with Gasteiger partial charge in [-0.05, 0) is 36.0 Å². The summed E-state index contributed by atoms with van der Waals surface area (Å²) in [7, 11) is -0.185. The van der Waals surface area contributed by atoms with Crippen LogP contribution in [0.15, 0.2) is 24.3 Å². The van der Waals surface area contributed by atoms with Gasteiger partial charge in [-0.25, -0.2) is 0 Å². The lowest BCUT2D eigenvalue weighted by Crippen LogP contribution is -2.52. The SMILES string of the molecule is COc1ccc([C@H]2C[C@H]2C[Si](C)(C)[Si](C)(C)C)cc1. The van der Waals surface area contributed by atoms with Gasteiger partial charge in [0.2, 0.25) is 0 Å². The fourth-order valence-corrected chi connectivity index (χ4v) is 7.69. The van der Waals surface area contributed by atoms with Crippen LogP contribution in [0.25, 0.3) is 0 Å². The average molecular weight is 293 g/mol. The van der Waals surface area contributed by atoms with Crippen molar-refractivity contribution in [3.8, 4) is 5.75 Å². The second kappa shape index (κ2) is 5.09. The van der Waals surface area contributed by atoms with Crippen molar-refractivity contribution in [2.75, 3.05) is 7.11 Å². The lowest BCUT2D eigenvalue weighted by molar-refractivity contribution is 0.414. The van der Waals surface area contributed by atoms with Crippen LogP contribution in [0.2, 0.25) is 38.8 Å². The maximum absolute atomic E-state index is 5.23. The molecular weight excluding hydrogens is 264 g/mol. The summed E-state index contributed by atoms with van der Waals surface area (Å²) < 4.78 is 5.23. The molecule has 0 aromatic heterocycles. The van der Waals surface area contributed by atoms with E-state index in [2.05, 4.69) is 57.0 Å². The molecular formula is C16H28OSi2. The molecule has 2 rings (SSSR count). The van der Waals surface area contributed by atoms with Gasteiger partial charge in [0, 0.05) is 15.2 Å². The van der Waals surface area contributed by atoms with Crippen LogP contribution in [-0.4, -0.2) is 22.3 Å². The van der Waals surface area contributed by atoms with Gasteiger partial charge in [-0.15, -0.1) is 0 Å². The Bertz CT molecular complexity index is 431. The summed E-state index contributed by atoms with van der Waals surface area (Å²) in [5.74, 6) is 2.76. The van der Waals surface area contributed by atoms with Gasteiger partial charge >= 0.3 is 0 Å². The largest absolute Gasteiger partial charge is 0.497 e. The van der Waals surface area contributed by atoms with Crippen LogP contribution in [0.5, 0.6) is 5.75 Å². The second-order valence-corrected chi connectivity index (χ2v) is 25.0. The normalized spacial score (nSPS) is 23.3. The quantitative estimate of drug-likeness (QED) is 0.700. The van der Waals surface area contributed by atoms with E-state index < -0.39 is 15.2 Å². The van der Waals surface area contributed by atoms with Crippen molar-refractivity contribution >= 4 is 15.2 Å². The zero-order valence-corrected chi connectivity index (χ0v) is 15.3. The monoisotopic (exact) mass is 292 g/mol. The van der Waals surface area contributed by atoms with E-state index in [0.717, 1.165) is 17.6 Å². The molecule has 1 aliphatic rings. The van der Waals surface area contributed by atoms with Gasteiger partial charge in [-0.2, -0.15) is 0 Å². The molecule has 3 heteroatoms. The van der Waals surface area contributed by atoms with E-state index in [0.29, 0.717) is 0 Å². The molecule has 1 aromatic rings. The van der Waals surface area contributed by atoms with Gasteiger partial charge in [0.1, 0.15) is 5.75 Å². The molecule has 106 valence electrons. The van der Waals surface area contributed by atoms with Gasteiger partial charge in [0.15, 0.2) is 0 Å². The van der Waals surface area contributed by atoms with Gasteiger partial charge in [0.05, 0.1) is 7.11 Å². The summed E-state index contributed by atoms with van der Waals surface area (Å²) in [5.41, 5.74) is 1.52. The van der Waals surface area contributed by atoms with Gasteiger partial charge in [-0.1, -0.05) is 50.9 Å². The molecule has 1 fully saturated rings. The number of rotatable bonds is 5. The lowest BCUT2D eigenvalue weighted by Gasteiger charge is -2.35. The van der Waals surface area contributed by atoms with Crippen LogP contribution in [0.4, 0.5) is 0 Å². The molecule has 1 saturated carbocycles. The minimum Gasteiger partial charge on any atom is -0.497 e. The van der Waals surface area contributed by atoms with Crippen molar-refractivity contribution in [2.45, 2.75) is 51.1 Å². The minimum absolute atomic E-state index is 0.828. The fraction of sp³-hybridized carbons (Fsp3) is 0.625. The maximum atomic E-state index is 5.23. The third kappa shape index (κ3) is 3.32. The van der Waals surface area contributed by atoms with E-state index in [1.54, 1.807) is 7.11 Å². The highest BCUT2D eigenvalue weighted by molar-refractivity contribution is 7.40.